The molecule has 7 nitrogen and oxygen atoms in total. The molecule has 2 amide bonds. The number of nitrogens with zero attached hydrogens (tertiary/aromatic N) is 2. The van der Waals surface area contributed by atoms with Gasteiger partial charge in [0.05, 0.1) is 11.0 Å². The highest BCUT2D eigenvalue weighted by Gasteiger charge is 2.09. The number of carbonyl (C=O) groups is 1. The average molecular weight is 258 g/mol. The third-order valence-corrected chi connectivity index (χ3v) is 2.69. The van der Waals surface area contributed by atoms with E-state index in [0.29, 0.717) is 23.4 Å². The second-order valence-corrected chi connectivity index (χ2v) is 4.00. The van der Waals surface area contributed by atoms with Crippen molar-refractivity contribution in [3.63, 3.8) is 0 Å². The number of nitrogens with one attached hydrogen (secondary N) is 2. The molecule has 0 saturated carbocycles. The Kier molecular flexibility index (Phi) is 3.67. The summed E-state index contributed by atoms with van der Waals surface area (Å²) in [5.41, 5.74) is 12.7. The van der Waals surface area contributed by atoms with Crippen molar-refractivity contribution in [2.45, 2.75) is 5.92 Å². The number of hydrogen-bond donors (Lipinski definition) is 4. The van der Waals surface area contributed by atoms with Crippen molar-refractivity contribution < 1.29 is 4.79 Å². The molecule has 2 aromatic heterocycles. The fourth-order valence-corrected chi connectivity index (χ4v) is 1.72. The molecule has 1 atom stereocenters. The maximum absolute atomic E-state index is 10.8. The Balaban J connectivity index is 2.44. The molecule has 0 aliphatic rings. The Morgan fingerprint density at radius 2 is 2.26 bits per heavy atom. The van der Waals surface area contributed by atoms with Gasteiger partial charge in [0.1, 0.15) is 5.82 Å². The zero-order chi connectivity index (χ0) is 13.8. The minimum absolute atomic E-state index is 0.188. The summed E-state index contributed by atoms with van der Waals surface area (Å²) >= 11 is 0. The van der Waals surface area contributed by atoms with Crippen LogP contribution in [-0.4, -0.2) is 28.8 Å². The van der Waals surface area contributed by atoms with Crippen molar-refractivity contribution in [2.75, 3.05) is 11.9 Å². The molecule has 0 aromatic carbocycles. The van der Waals surface area contributed by atoms with E-state index in [4.69, 9.17) is 16.9 Å². The maximum Gasteiger partial charge on any atom is 0.317 e. The number of primary amides is 1. The van der Waals surface area contributed by atoms with E-state index in [1.165, 1.54) is 6.21 Å². The number of aromatic nitrogens is 2. The normalized spacial score (nSPS) is 12.1. The molecular formula is C12H14N6O. The average Bonchev–Trinajstić information content (AvgIpc) is 2.39. The lowest BCUT2D eigenvalue weighted by Crippen LogP contribution is -2.20. The molecule has 0 aliphatic heterocycles. The van der Waals surface area contributed by atoms with E-state index in [0.717, 1.165) is 5.56 Å². The van der Waals surface area contributed by atoms with Crippen molar-refractivity contribution in [3.8, 4) is 0 Å². The number of anilines is 1. The van der Waals surface area contributed by atoms with Gasteiger partial charge in [-0.3, -0.25) is 10.3 Å². The molecule has 2 rings (SSSR count). The summed E-state index contributed by atoms with van der Waals surface area (Å²) in [5, 5.41) is 9.72. The molecule has 0 saturated heterocycles. The van der Waals surface area contributed by atoms with Crippen molar-refractivity contribution in [2.24, 2.45) is 11.5 Å². The molecule has 1 unspecified atom stereocenters. The topological polar surface area (TPSA) is 131 Å². The van der Waals surface area contributed by atoms with Gasteiger partial charge < -0.3 is 16.9 Å². The SMILES string of the molecule is N=CC(CN)c1cnc2ccc(NC(N)=O)nc2c1. The number of pyridine rings is 2. The first-order valence-corrected chi connectivity index (χ1v) is 5.68. The van der Waals surface area contributed by atoms with Gasteiger partial charge in [0.15, 0.2) is 0 Å². The number of rotatable bonds is 4. The van der Waals surface area contributed by atoms with Gasteiger partial charge in [-0.2, -0.15) is 0 Å². The van der Waals surface area contributed by atoms with Gasteiger partial charge in [0, 0.05) is 24.9 Å². The van der Waals surface area contributed by atoms with Crippen molar-refractivity contribution in [1.82, 2.24) is 9.97 Å². The maximum atomic E-state index is 10.8. The van der Waals surface area contributed by atoms with Crippen LogP contribution in [0.5, 0.6) is 0 Å². The van der Waals surface area contributed by atoms with E-state index in [1.807, 2.05) is 0 Å². The smallest absolute Gasteiger partial charge is 0.317 e. The van der Waals surface area contributed by atoms with E-state index >= 15 is 0 Å². The second kappa shape index (κ2) is 5.40. The first-order valence-electron chi connectivity index (χ1n) is 5.68. The van der Waals surface area contributed by atoms with Gasteiger partial charge in [-0.15, -0.1) is 0 Å². The third kappa shape index (κ3) is 2.83. The van der Waals surface area contributed by atoms with E-state index in [2.05, 4.69) is 15.3 Å². The molecule has 98 valence electrons. The summed E-state index contributed by atoms with van der Waals surface area (Å²) < 4.78 is 0. The highest BCUT2D eigenvalue weighted by atomic mass is 16.2. The van der Waals surface area contributed by atoms with E-state index in [1.54, 1.807) is 24.4 Å². The summed E-state index contributed by atoms with van der Waals surface area (Å²) in [7, 11) is 0. The number of carbonyl (C=O) groups excluding carboxylic acids is 1. The van der Waals surface area contributed by atoms with E-state index in [-0.39, 0.29) is 5.92 Å². The summed E-state index contributed by atoms with van der Waals surface area (Å²) in [5.74, 6) is 0.171. The molecule has 0 fully saturated rings. The van der Waals surface area contributed by atoms with Crippen molar-refractivity contribution in [3.05, 3.63) is 30.0 Å². The van der Waals surface area contributed by atoms with Gasteiger partial charge in [0.25, 0.3) is 0 Å². The second-order valence-electron chi connectivity index (χ2n) is 4.00. The molecule has 0 radical (unpaired) electrons. The van der Waals surface area contributed by atoms with Gasteiger partial charge in [-0.1, -0.05) is 0 Å². The summed E-state index contributed by atoms with van der Waals surface area (Å²) in [6.45, 7) is 0.329. The number of amides is 2. The highest BCUT2D eigenvalue weighted by molar-refractivity contribution is 5.88. The lowest BCUT2D eigenvalue weighted by molar-refractivity contribution is 0.259. The van der Waals surface area contributed by atoms with Gasteiger partial charge in [0.2, 0.25) is 0 Å². The zero-order valence-electron chi connectivity index (χ0n) is 10.1. The summed E-state index contributed by atoms with van der Waals surface area (Å²) in [6.07, 6.45) is 2.95. The monoisotopic (exact) mass is 258 g/mol. The van der Waals surface area contributed by atoms with Gasteiger partial charge in [-0.05, 0) is 23.8 Å². The molecule has 19 heavy (non-hydrogen) atoms. The molecule has 6 N–H and O–H groups in total. The first kappa shape index (κ1) is 12.9. The minimum Gasteiger partial charge on any atom is -0.351 e. The molecule has 0 spiro atoms. The highest BCUT2D eigenvalue weighted by Crippen LogP contribution is 2.18. The van der Waals surface area contributed by atoms with Crippen LogP contribution in [0.2, 0.25) is 0 Å². The van der Waals surface area contributed by atoms with Crippen molar-refractivity contribution >= 4 is 29.1 Å². The van der Waals surface area contributed by atoms with E-state index < -0.39 is 6.03 Å². The molecule has 0 bridgehead atoms. The van der Waals surface area contributed by atoms with Crippen LogP contribution in [0, 0.1) is 5.41 Å². The lowest BCUT2D eigenvalue weighted by Gasteiger charge is -2.09. The van der Waals surface area contributed by atoms with Crippen LogP contribution in [0.15, 0.2) is 24.4 Å². The fraction of sp³-hybridized carbons (Fsp3) is 0.167. The van der Waals surface area contributed by atoms with Crippen LogP contribution in [0.25, 0.3) is 11.0 Å². The Morgan fingerprint density at radius 1 is 1.47 bits per heavy atom. The molecule has 2 aromatic rings. The van der Waals surface area contributed by atoms with Crippen LogP contribution in [0.3, 0.4) is 0 Å². The number of nitrogens with two attached hydrogens (primary N) is 2. The van der Waals surface area contributed by atoms with Crippen molar-refractivity contribution in [1.29, 1.82) is 5.41 Å². The van der Waals surface area contributed by atoms with Gasteiger partial charge >= 0.3 is 6.03 Å². The predicted octanol–water partition coefficient (Wildman–Crippen LogP) is 0.812. The molecular weight excluding hydrogens is 244 g/mol. The zero-order valence-corrected chi connectivity index (χ0v) is 10.1. The molecule has 0 aliphatic carbocycles. The minimum atomic E-state index is -0.671. The summed E-state index contributed by atoms with van der Waals surface area (Å²) in [4.78, 5) is 19.3. The Bertz CT molecular complexity index is 627. The largest absolute Gasteiger partial charge is 0.351 e. The van der Waals surface area contributed by atoms with Crippen LogP contribution in [0.4, 0.5) is 10.6 Å². The quantitative estimate of drug-likeness (QED) is 0.604. The number of fused-ring (bicyclic) bond motifs is 1. The third-order valence-electron chi connectivity index (χ3n) is 2.69. The Hall–Kier alpha value is -2.54. The van der Waals surface area contributed by atoms with Crippen LogP contribution in [0.1, 0.15) is 11.5 Å². The van der Waals surface area contributed by atoms with Crippen LogP contribution in [-0.2, 0) is 0 Å². The van der Waals surface area contributed by atoms with Crippen LogP contribution < -0.4 is 16.8 Å². The molecule has 7 heteroatoms. The summed E-state index contributed by atoms with van der Waals surface area (Å²) in [6, 6.07) is 4.49. The van der Waals surface area contributed by atoms with E-state index in [9.17, 15) is 4.79 Å². The fourth-order valence-electron chi connectivity index (χ4n) is 1.72. The standard InChI is InChI=1S/C12H14N6O/c13-4-8(5-14)7-3-10-9(16-6-7)1-2-11(17-10)18-12(15)19/h1-4,6,8,13H,5,14H2,(H3,15,17,18,19). The van der Waals surface area contributed by atoms with Gasteiger partial charge in [-0.25, -0.2) is 9.78 Å². The number of urea groups is 1. The first-order chi connectivity index (χ1) is 9.13. The Morgan fingerprint density at radius 3 is 2.89 bits per heavy atom. The Labute approximate surface area is 109 Å². The number of hydrogen-bond acceptors (Lipinski definition) is 5. The lowest BCUT2D eigenvalue weighted by atomic mass is 10.0. The van der Waals surface area contributed by atoms with Crippen LogP contribution >= 0.6 is 0 Å². The molecule has 2 heterocycles. The predicted molar refractivity (Wildman–Crippen MR) is 73.3 cm³/mol.